The maximum Gasteiger partial charge on any atom is 0.295 e. The lowest BCUT2D eigenvalue weighted by Crippen LogP contribution is -2.35. The molecule has 1 N–H and O–H groups in total. The van der Waals surface area contributed by atoms with E-state index in [0.717, 1.165) is 5.56 Å². The molecule has 3 aromatic rings. The third-order valence-corrected chi connectivity index (χ3v) is 6.14. The highest BCUT2D eigenvalue weighted by molar-refractivity contribution is 6.46. The number of aliphatic hydroxyl groups is 1. The zero-order chi connectivity index (χ0) is 24.9. The Morgan fingerprint density at radius 2 is 1.63 bits per heavy atom. The quantitative estimate of drug-likeness (QED) is 0.276. The minimum absolute atomic E-state index is 0.0639. The first-order valence-electron chi connectivity index (χ1n) is 11.3. The van der Waals surface area contributed by atoms with Gasteiger partial charge in [0.25, 0.3) is 11.7 Å². The lowest BCUT2D eigenvalue weighted by atomic mass is 9.95. The Hall–Kier alpha value is -3.61. The van der Waals surface area contributed by atoms with Gasteiger partial charge in [0.1, 0.15) is 18.1 Å². The van der Waals surface area contributed by atoms with E-state index in [1.54, 1.807) is 48.5 Å². The average molecular weight is 491 g/mol. The molecule has 0 saturated carbocycles. The zero-order valence-corrected chi connectivity index (χ0v) is 20.4. The predicted molar refractivity (Wildman–Crippen MR) is 136 cm³/mol. The molecule has 1 aliphatic rings. The number of Topliss-reactive ketones (excluding diaryl/α,β-unsaturated/α-hetero) is 1. The number of amides is 1. The number of ketones is 1. The van der Waals surface area contributed by atoms with E-state index in [2.05, 4.69) is 0 Å². The fourth-order valence-corrected chi connectivity index (χ4v) is 4.14. The molecule has 0 unspecified atom stereocenters. The second-order valence-corrected chi connectivity index (χ2v) is 9.08. The van der Waals surface area contributed by atoms with Crippen molar-refractivity contribution in [2.45, 2.75) is 12.6 Å². The van der Waals surface area contributed by atoms with Crippen LogP contribution in [0.2, 0.25) is 5.02 Å². The van der Waals surface area contributed by atoms with Crippen molar-refractivity contribution >= 4 is 29.1 Å². The Balaban J connectivity index is 1.65. The fraction of sp³-hybridized carbons (Fsp3) is 0.214. The Labute approximate surface area is 210 Å². The van der Waals surface area contributed by atoms with Crippen molar-refractivity contribution in [3.63, 3.8) is 0 Å². The van der Waals surface area contributed by atoms with Gasteiger partial charge in [-0.1, -0.05) is 54.1 Å². The highest BCUT2D eigenvalue weighted by Gasteiger charge is 2.45. The molecule has 1 atom stereocenters. The lowest BCUT2D eigenvalue weighted by molar-refractivity contribution is -0.140. The summed E-state index contributed by atoms with van der Waals surface area (Å²) < 4.78 is 5.82. The van der Waals surface area contributed by atoms with Crippen LogP contribution in [0.5, 0.6) is 5.75 Å². The number of rotatable bonds is 8. The van der Waals surface area contributed by atoms with Crippen molar-refractivity contribution in [1.29, 1.82) is 0 Å². The summed E-state index contributed by atoms with van der Waals surface area (Å²) in [5.74, 6) is -0.918. The summed E-state index contributed by atoms with van der Waals surface area (Å²) in [7, 11) is 3.80. The van der Waals surface area contributed by atoms with Crippen LogP contribution in [0.25, 0.3) is 5.76 Å². The van der Waals surface area contributed by atoms with Gasteiger partial charge < -0.3 is 19.6 Å². The second-order valence-electron chi connectivity index (χ2n) is 8.65. The van der Waals surface area contributed by atoms with E-state index in [0.29, 0.717) is 41.6 Å². The molecule has 0 aliphatic carbocycles. The first-order valence-corrected chi connectivity index (χ1v) is 11.7. The maximum atomic E-state index is 13.1. The van der Waals surface area contributed by atoms with E-state index < -0.39 is 17.7 Å². The van der Waals surface area contributed by atoms with Crippen molar-refractivity contribution in [2.24, 2.45) is 0 Å². The van der Waals surface area contributed by atoms with E-state index in [-0.39, 0.29) is 11.3 Å². The van der Waals surface area contributed by atoms with Gasteiger partial charge in [-0.05, 0) is 61.6 Å². The summed E-state index contributed by atoms with van der Waals surface area (Å²) in [5, 5.41) is 11.7. The van der Waals surface area contributed by atoms with Crippen LogP contribution in [0.4, 0.5) is 0 Å². The minimum Gasteiger partial charge on any atom is -0.507 e. The molecule has 0 radical (unpaired) electrons. The van der Waals surface area contributed by atoms with Crippen LogP contribution in [0.3, 0.4) is 0 Å². The summed E-state index contributed by atoms with van der Waals surface area (Å²) in [4.78, 5) is 29.5. The van der Waals surface area contributed by atoms with Gasteiger partial charge in [0.15, 0.2) is 0 Å². The summed E-state index contributed by atoms with van der Waals surface area (Å²) in [6.45, 7) is 1.33. The number of aliphatic hydroxyl groups excluding tert-OH is 1. The standard InChI is InChI=1S/C28H27ClN2O4/c1-30(2)16-17-31-25(20-8-12-22(29)13-9-20)24(27(33)28(31)34)26(32)21-10-14-23(15-11-21)35-18-19-6-4-3-5-7-19/h3-15,25,32H,16-18H2,1-2H3/t25-/m0/s1. The normalized spacial score (nSPS) is 17.3. The molecule has 0 aromatic heterocycles. The predicted octanol–water partition coefficient (Wildman–Crippen LogP) is 4.90. The van der Waals surface area contributed by atoms with Crippen LogP contribution in [0, 0.1) is 0 Å². The molecule has 7 heteroatoms. The molecule has 4 rings (SSSR count). The fourth-order valence-electron chi connectivity index (χ4n) is 4.02. The van der Waals surface area contributed by atoms with Crippen LogP contribution in [-0.2, 0) is 16.2 Å². The SMILES string of the molecule is CN(C)CCN1C(=O)C(=O)C(=C(O)c2ccc(OCc3ccccc3)cc2)[C@@H]1c1ccc(Cl)cc1. The summed E-state index contributed by atoms with van der Waals surface area (Å²) in [5.41, 5.74) is 2.24. The van der Waals surface area contributed by atoms with Crippen molar-refractivity contribution in [3.8, 4) is 5.75 Å². The van der Waals surface area contributed by atoms with Crippen molar-refractivity contribution in [2.75, 3.05) is 27.2 Å². The molecule has 35 heavy (non-hydrogen) atoms. The second kappa shape index (κ2) is 10.8. The van der Waals surface area contributed by atoms with E-state index in [1.807, 2.05) is 49.3 Å². The Kier molecular flexibility index (Phi) is 7.54. The first kappa shape index (κ1) is 24.5. The summed E-state index contributed by atoms with van der Waals surface area (Å²) >= 11 is 6.06. The molecule has 1 saturated heterocycles. The van der Waals surface area contributed by atoms with E-state index in [1.165, 1.54) is 4.90 Å². The van der Waals surface area contributed by atoms with E-state index in [4.69, 9.17) is 16.3 Å². The maximum absolute atomic E-state index is 13.1. The number of hydrogen-bond acceptors (Lipinski definition) is 5. The molecular weight excluding hydrogens is 464 g/mol. The number of halogens is 1. The van der Waals surface area contributed by atoms with Crippen LogP contribution >= 0.6 is 11.6 Å². The number of ether oxygens (including phenoxy) is 1. The molecule has 6 nitrogen and oxygen atoms in total. The van der Waals surface area contributed by atoms with Crippen molar-refractivity contribution in [3.05, 3.63) is 106 Å². The van der Waals surface area contributed by atoms with Crippen LogP contribution in [0.15, 0.2) is 84.4 Å². The van der Waals surface area contributed by atoms with Crippen molar-refractivity contribution < 1.29 is 19.4 Å². The van der Waals surface area contributed by atoms with Crippen LogP contribution < -0.4 is 4.74 Å². The zero-order valence-electron chi connectivity index (χ0n) is 19.6. The number of benzene rings is 3. The Morgan fingerprint density at radius 3 is 2.26 bits per heavy atom. The molecule has 1 fully saturated rings. The van der Waals surface area contributed by atoms with Crippen LogP contribution in [0.1, 0.15) is 22.7 Å². The molecular formula is C28H27ClN2O4. The molecule has 1 heterocycles. The average Bonchev–Trinajstić information content (AvgIpc) is 3.12. The highest BCUT2D eigenvalue weighted by atomic mass is 35.5. The summed E-state index contributed by atoms with van der Waals surface area (Å²) in [6, 6.07) is 22.9. The van der Waals surface area contributed by atoms with E-state index in [9.17, 15) is 14.7 Å². The van der Waals surface area contributed by atoms with Gasteiger partial charge in [-0.25, -0.2) is 0 Å². The Morgan fingerprint density at radius 1 is 0.971 bits per heavy atom. The smallest absolute Gasteiger partial charge is 0.295 e. The molecule has 1 aliphatic heterocycles. The van der Waals surface area contributed by atoms with E-state index >= 15 is 0 Å². The largest absolute Gasteiger partial charge is 0.507 e. The van der Waals surface area contributed by atoms with Gasteiger partial charge in [-0.3, -0.25) is 9.59 Å². The summed E-state index contributed by atoms with van der Waals surface area (Å²) in [6.07, 6.45) is 0. The van der Waals surface area contributed by atoms with Gasteiger partial charge in [0, 0.05) is 23.7 Å². The van der Waals surface area contributed by atoms with Gasteiger partial charge in [0.2, 0.25) is 0 Å². The van der Waals surface area contributed by atoms with Gasteiger partial charge in [-0.2, -0.15) is 0 Å². The Bertz CT molecular complexity index is 1220. The third kappa shape index (κ3) is 5.56. The van der Waals surface area contributed by atoms with Crippen LogP contribution in [-0.4, -0.2) is 53.8 Å². The molecule has 3 aromatic carbocycles. The van der Waals surface area contributed by atoms with Gasteiger partial charge in [-0.15, -0.1) is 0 Å². The van der Waals surface area contributed by atoms with Crippen molar-refractivity contribution in [1.82, 2.24) is 9.80 Å². The topological polar surface area (TPSA) is 70.1 Å². The monoisotopic (exact) mass is 490 g/mol. The number of carbonyl (C=O) groups is 2. The molecule has 180 valence electrons. The molecule has 1 amide bonds. The van der Waals surface area contributed by atoms with Gasteiger partial charge >= 0.3 is 0 Å². The highest BCUT2D eigenvalue weighted by Crippen LogP contribution is 2.39. The number of likely N-dealkylation sites (tertiary alicyclic amines) is 1. The number of hydrogen-bond donors (Lipinski definition) is 1. The number of likely N-dealkylation sites (N-methyl/N-ethyl adjacent to an activating group) is 1. The minimum atomic E-state index is -0.707. The third-order valence-electron chi connectivity index (χ3n) is 5.89. The lowest BCUT2D eigenvalue weighted by Gasteiger charge is -2.26. The molecule has 0 bridgehead atoms. The number of nitrogens with zero attached hydrogens (tertiary/aromatic N) is 2. The first-order chi connectivity index (χ1) is 16.8. The molecule has 0 spiro atoms. The van der Waals surface area contributed by atoms with Gasteiger partial charge in [0.05, 0.1) is 11.6 Å². The number of carbonyl (C=O) groups excluding carboxylic acids is 2.